The van der Waals surface area contributed by atoms with E-state index >= 15 is 0 Å². The summed E-state index contributed by atoms with van der Waals surface area (Å²) < 4.78 is 7.44. The summed E-state index contributed by atoms with van der Waals surface area (Å²) in [6, 6.07) is 1.78. The molecule has 13 heteroatoms. The molecule has 4 aromatic rings. The van der Waals surface area contributed by atoms with E-state index in [1.54, 1.807) is 42.6 Å². The van der Waals surface area contributed by atoms with E-state index in [2.05, 4.69) is 64.7 Å². The van der Waals surface area contributed by atoms with Gasteiger partial charge in [-0.15, -0.1) is 0 Å². The topological polar surface area (TPSA) is 148 Å². The Hall–Kier alpha value is -4.23. The van der Waals surface area contributed by atoms with Gasteiger partial charge in [-0.05, 0) is 26.8 Å². The minimum absolute atomic E-state index is 0.176. The third-order valence-electron chi connectivity index (χ3n) is 6.21. The standard InChI is InChI=1S/C25H31N11O2/c1-15-12-36(13-16(2)38-15)6-5-28-24(37)18-7-21(17(3)29-8-18)32-22-20-11-30-25(33-23(20)35(4)34-22)31-19-9-26-14-27-10-19/h7-11,14-16H,5-6,12-13H2,1-4H3,(H,28,37)(H,32,34)(H,30,31,33)/t15-,16-/m0/s1. The summed E-state index contributed by atoms with van der Waals surface area (Å²) in [5.74, 6) is 0.791. The van der Waals surface area contributed by atoms with E-state index in [1.807, 2.05) is 6.92 Å². The van der Waals surface area contributed by atoms with E-state index in [9.17, 15) is 4.79 Å². The fourth-order valence-corrected chi connectivity index (χ4v) is 4.49. The SMILES string of the molecule is Cc1ncc(C(=O)NCCN2C[C@H](C)O[C@@H](C)C2)cc1Nc1nn(C)c2nc(Nc3cncnc3)ncc12. The maximum absolute atomic E-state index is 12.9. The molecule has 4 aromatic heterocycles. The fraction of sp³-hybridized carbons (Fsp3) is 0.400. The van der Waals surface area contributed by atoms with Crippen molar-refractivity contribution < 1.29 is 9.53 Å². The molecule has 0 unspecified atom stereocenters. The molecule has 0 aromatic carbocycles. The highest BCUT2D eigenvalue weighted by Gasteiger charge is 2.22. The third kappa shape index (κ3) is 5.84. The molecule has 0 bridgehead atoms. The van der Waals surface area contributed by atoms with Gasteiger partial charge in [-0.3, -0.25) is 14.7 Å². The predicted molar refractivity (Wildman–Crippen MR) is 143 cm³/mol. The molecule has 1 aliphatic heterocycles. The van der Waals surface area contributed by atoms with Gasteiger partial charge in [0, 0.05) is 45.6 Å². The van der Waals surface area contributed by atoms with Gasteiger partial charge in [0.2, 0.25) is 5.95 Å². The van der Waals surface area contributed by atoms with Crippen LogP contribution in [0.3, 0.4) is 0 Å². The lowest BCUT2D eigenvalue weighted by Gasteiger charge is -2.35. The first-order chi connectivity index (χ1) is 18.4. The Kier molecular flexibility index (Phi) is 7.38. The van der Waals surface area contributed by atoms with Gasteiger partial charge in [0.1, 0.15) is 6.33 Å². The van der Waals surface area contributed by atoms with E-state index in [4.69, 9.17) is 4.74 Å². The number of aryl methyl sites for hydroxylation is 2. The smallest absolute Gasteiger partial charge is 0.252 e. The molecule has 1 amide bonds. The summed E-state index contributed by atoms with van der Waals surface area (Å²) in [5.41, 5.74) is 3.19. The number of pyridine rings is 1. The summed E-state index contributed by atoms with van der Waals surface area (Å²) in [7, 11) is 1.81. The molecule has 5 heterocycles. The molecule has 38 heavy (non-hydrogen) atoms. The van der Waals surface area contributed by atoms with Gasteiger partial charge in [0.15, 0.2) is 11.5 Å². The molecular formula is C25H31N11O2. The lowest BCUT2D eigenvalue weighted by Crippen LogP contribution is -2.47. The number of carbonyl (C=O) groups excluding carboxylic acids is 1. The van der Waals surface area contributed by atoms with Crippen LogP contribution in [0.1, 0.15) is 29.9 Å². The number of fused-ring (bicyclic) bond motifs is 1. The summed E-state index contributed by atoms with van der Waals surface area (Å²) in [5, 5.41) is 14.7. The Morgan fingerprint density at radius 1 is 1.08 bits per heavy atom. The number of hydrogen-bond acceptors (Lipinski definition) is 11. The summed E-state index contributed by atoms with van der Waals surface area (Å²) >= 11 is 0. The average Bonchev–Trinajstić information content (AvgIpc) is 3.19. The van der Waals surface area contributed by atoms with Crippen LogP contribution in [0.15, 0.2) is 37.2 Å². The highest BCUT2D eigenvalue weighted by atomic mass is 16.5. The average molecular weight is 518 g/mol. The molecule has 3 N–H and O–H groups in total. The minimum Gasteiger partial charge on any atom is -0.373 e. The highest BCUT2D eigenvalue weighted by molar-refractivity contribution is 5.96. The van der Waals surface area contributed by atoms with Crippen molar-refractivity contribution in [1.29, 1.82) is 0 Å². The number of nitrogens with one attached hydrogen (secondary N) is 3. The lowest BCUT2D eigenvalue weighted by atomic mass is 10.2. The van der Waals surface area contributed by atoms with Crippen LogP contribution in [-0.4, -0.2) is 83.9 Å². The van der Waals surface area contributed by atoms with Crippen molar-refractivity contribution in [2.24, 2.45) is 7.05 Å². The molecular weight excluding hydrogens is 486 g/mol. The number of anilines is 4. The predicted octanol–water partition coefficient (Wildman–Crippen LogP) is 2.18. The van der Waals surface area contributed by atoms with Crippen molar-refractivity contribution in [2.75, 3.05) is 36.8 Å². The molecule has 198 valence electrons. The highest BCUT2D eigenvalue weighted by Crippen LogP contribution is 2.26. The van der Waals surface area contributed by atoms with Crippen LogP contribution >= 0.6 is 0 Å². The lowest BCUT2D eigenvalue weighted by molar-refractivity contribution is -0.0672. The molecule has 1 aliphatic rings. The minimum atomic E-state index is -0.176. The normalized spacial score (nSPS) is 17.9. The molecule has 0 radical (unpaired) electrons. The molecule has 0 aliphatic carbocycles. The fourth-order valence-electron chi connectivity index (χ4n) is 4.49. The van der Waals surface area contributed by atoms with Crippen molar-refractivity contribution in [2.45, 2.75) is 33.0 Å². The first-order valence-electron chi connectivity index (χ1n) is 12.5. The third-order valence-corrected chi connectivity index (χ3v) is 6.21. The number of hydrogen-bond donors (Lipinski definition) is 3. The number of morpholine rings is 1. The van der Waals surface area contributed by atoms with E-state index in [1.165, 1.54) is 6.33 Å². The van der Waals surface area contributed by atoms with Gasteiger partial charge in [-0.1, -0.05) is 0 Å². The number of nitrogens with zero attached hydrogens (tertiary/aromatic N) is 8. The second-order valence-electron chi connectivity index (χ2n) is 9.41. The Balaban J connectivity index is 1.26. The number of amides is 1. The van der Waals surface area contributed by atoms with Gasteiger partial charge in [0.25, 0.3) is 5.91 Å². The summed E-state index contributed by atoms with van der Waals surface area (Å²) in [4.78, 5) is 36.5. The zero-order chi connectivity index (χ0) is 26.6. The number of rotatable bonds is 8. The van der Waals surface area contributed by atoms with Crippen LogP contribution in [-0.2, 0) is 11.8 Å². The maximum atomic E-state index is 12.9. The van der Waals surface area contributed by atoms with E-state index in [0.717, 1.165) is 30.7 Å². The van der Waals surface area contributed by atoms with Crippen molar-refractivity contribution in [1.82, 2.24) is 44.9 Å². The number of ether oxygens (including phenoxy) is 1. The number of aromatic nitrogens is 7. The van der Waals surface area contributed by atoms with Crippen LogP contribution in [0.4, 0.5) is 23.1 Å². The van der Waals surface area contributed by atoms with Crippen molar-refractivity contribution >= 4 is 40.1 Å². The summed E-state index contributed by atoms with van der Waals surface area (Å²) in [6.07, 6.45) is 8.39. The monoisotopic (exact) mass is 517 g/mol. The maximum Gasteiger partial charge on any atom is 0.252 e. The van der Waals surface area contributed by atoms with Crippen LogP contribution < -0.4 is 16.0 Å². The number of carbonyl (C=O) groups is 1. The van der Waals surface area contributed by atoms with Gasteiger partial charge in [0.05, 0.1) is 52.6 Å². The molecule has 1 saturated heterocycles. The first kappa shape index (κ1) is 25.4. The van der Waals surface area contributed by atoms with Crippen molar-refractivity contribution in [3.8, 4) is 0 Å². The Labute approximate surface area is 220 Å². The Morgan fingerprint density at radius 3 is 2.61 bits per heavy atom. The molecule has 13 nitrogen and oxygen atoms in total. The van der Waals surface area contributed by atoms with Crippen LogP contribution in [0.2, 0.25) is 0 Å². The zero-order valence-electron chi connectivity index (χ0n) is 21.8. The van der Waals surface area contributed by atoms with Gasteiger partial charge in [-0.25, -0.2) is 19.6 Å². The van der Waals surface area contributed by atoms with Gasteiger partial charge >= 0.3 is 0 Å². The largest absolute Gasteiger partial charge is 0.373 e. The van der Waals surface area contributed by atoms with Crippen molar-refractivity contribution in [3.63, 3.8) is 0 Å². The van der Waals surface area contributed by atoms with E-state index in [0.29, 0.717) is 40.9 Å². The summed E-state index contributed by atoms with van der Waals surface area (Å²) in [6.45, 7) is 9.04. The molecule has 5 rings (SSSR count). The second kappa shape index (κ2) is 11.0. The second-order valence-corrected chi connectivity index (χ2v) is 9.41. The van der Waals surface area contributed by atoms with Crippen LogP contribution in [0.25, 0.3) is 11.0 Å². The van der Waals surface area contributed by atoms with Gasteiger partial charge < -0.3 is 20.7 Å². The first-order valence-corrected chi connectivity index (χ1v) is 12.5. The Morgan fingerprint density at radius 2 is 1.84 bits per heavy atom. The van der Waals surface area contributed by atoms with Crippen molar-refractivity contribution in [3.05, 3.63) is 48.4 Å². The van der Waals surface area contributed by atoms with Crippen LogP contribution in [0, 0.1) is 6.92 Å². The molecule has 0 spiro atoms. The zero-order valence-corrected chi connectivity index (χ0v) is 21.8. The van der Waals surface area contributed by atoms with Crippen LogP contribution in [0.5, 0.6) is 0 Å². The van der Waals surface area contributed by atoms with E-state index in [-0.39, 0.29) is 18.1 Å². The molecule has 2 atom stereocenters. The quantitative estimate of drug-likeness (QED) is 0.316. The van der Waals surface area contributed by atoms with Gasteiger partial charge in [-0.2, -0.15) is 10.1 Å². The Bertz CT molecular complexity index is 1420. The van der Waals surface area contributed by atoms with E-state index < -0.39 is 0 Å². The molecule has 1 fully saturated rings. The molecule has 0 saturated carbocycles.